The van der Waals surface area contributed by atoms with Crippen LogP contribution in [0.4, 0.5) is 18.9 Å². The van der Waals surface area contributed by atoms with Crippen molar-refractivity contribution in [2.24, 2.45) is 0 Å². The van der Waals surface area contributed by atoms with Gasteiger partial charge in [-0.3, -0.25) is 0 Å². The number of halogens is 4. The van der Waals surface area contributed by atoms with Gasteiger partial charge in [0, 0.05) is 24.1 Å². The summed E-state index contributed by atoms with van der Waals surface area (Å²) in [6.45, 7) is 2.80. The van der Waals surface area contributed by atoms with Crippen LogP contribution < -0.4 is 4.90 Å². The first-order chi connectivity index (χ1) is 8.91. The van der Waals surface area contributed by atoms with E-state index < -0.39 is 11.7 Å². The molecular weight excluding hydrogens is 323 g/mol. The molecule has 6 heteroatoms. The third-order valence-corrected chi connectivity index (χ3v) is 3.77. The second kappa shape index (κ2) is 5.71. The van der Waals surface area contributed by atoms with Gasteiger partial charge in [-0.05, 0) is 19.1 Å². The second-order valence-corrected chi connectivity index (χ2v) is 5.29. The second-order valence-electron chi connectivity index (χ2n) is 4.64. The topological polar surface area (TPSA) is 12.5 Å². The minimum absolute atomic E-state index is 0.0856. The highest BCUT2D eigenvalue weighted by Crippen LogP contribution is 2.37. The molecule has 1 aliphatic heterocycles. The average Bonchev–Trinajstić information content (AvgIpc) is 2.37. The van der Waals surface area contributed by atoms with E-state index >= 15 is 0 Å². The van der Waals surface area contributed by atoms with E-state index in [0.717, 1.165) is 6.07 Å². The molecule has 0 N–H and O–H groups in total. The molecule has 2 unspecified atom stereocenters. The zero-order chi connectivity index (χ0) is 14.0. The van der Waals surface area contributed by atoms with E-state index in [1.54, 1.807) is 11.0 Å². The van der Waals surface area contributed by atoms with Crippen molar-refractivity contribution in [1.29, 1.82) is 0 Å². The summed E-state index contributed by atoms with van der Waals surface area (Å²) in [4.78, 5) is 1.75. The quantitative estimate of drug-likeness (QED) is 0.763. The predicted octanol–water partition coefficient (Wildman–Crippen LogP) is 3.69. The van der Waals surface area contributed by atoms with E-state index in [-0.39, 0.29) is 17.9 Å². The van der Waals surface area contributed by atoms with Gasteiger partial charge in [0.05, 0.1) is 17.8 Å². The van der Waals surface area contributed by atoms with Gasteiger partial charge in [-0.25, -0.2) is 0 Å². The molecule has 1 aromatic rings. The number of anilines is 1. The Morgan fingerprint density at radius 1 is 1.32 bits per heavy atom. The van der Waals surface area contributed by atoms with Gasteiger partial charge in [-0.15, -0.1) is 0 Å². The molecule has 1 aliphatic rings. The Labute approximate surface area is 118 Å². The maximum atomic E-state index is 13.0. The maximum absolute atomic E-state index is 13.0. The summed E-state index contributed by atoms with van der Waals surface area (Å²) in [6, 6.07) is 5.69. The van der Waals surface area contributed by atoms with Crippen LogP contribution in [0.25, 0.3) is 0 Å². The summed E-state index contributed by atoms with van der Waals surface area (Å²) < 4.78 is 44.7. The van der Waals surface area contributed by atoms with Crippen LogP contribution in [-0.2, 0) is 10.9 Å². The van der Waals surface area contributed by atoms with Crippen molar-refractivity contribution >= 4 is 21.6 Å². The average molecular weight is 338 g/mol. The number of ether oxygens (including phenoxy) is 1. The molecule has 0 saturated carbocycles. The third-order valence-electron chi connectivity index (χ3n) is 3.05. The summed E-state index contributed by atoms with van der Waals surface area (Å²) in [5, 5.41) is 0.613. The number of alkyl halides is 4. The third kappa shape index (κ3) is 3.42. The lowest BCUT2D eigenvalue weighted by atomic mass is 10.1. The molecule has 0 radical (unpaired) electrons. The van der Waals surface area contributed by atoms with E-state index in [2.05, 4.69) is 15.9 Å². The molecule has 106 valence electrons. The molecular formula is C13H15BrF3NO. The predicted molar refractivity (Wildman–Crippen MR) is 71.8 cm³/mol. The zero-order valence-electron chi connectivity index (χ0n) is 10.5. The summed E-state index contributed by atoms with van der Waals surface area (Å²) >= 11 is 3.32. The molecule has 0 aromatic heterocycles. The molecule has 1 aromatic carbocycles. The largest absolute Gasteiger partial charge is 0.418 e. The van der Waals surface area contributed by atoms with Crippen molar-refractivity contribution < 1.29 is 17.9 Å². The molecule has 1 fully saturated rings. The lowest BCUT2D eigenvalue weighted by molar-refractivity contribution is -0.137. The molecule has 0 bridgehead atoms. The van der Waals surface area contributed by atoms with E-state index in [0.29, 0.717) is 18.4 Å². The van der Waals surface area contributed by atoms with Gasteiger partial charge in [0.2, 0.25) is 0 Å². The van der Waals surface area contributed by atoms with Crippen molar-refractivity contribution in [2.75, 3.05) is 23.3 Å². The van der Waals surface area contributed by atoms with Crippen molar-refractivity contribution in [3.8, 4) is 0 Å². The van der Waals surface area contributed by atoms with Crippen LogP contribution in [-0.4, -0.2) is 30.6 Å². The molecule has 2 rings (SSSR count). The SMILES string of the molecule is CC1CN(c2ccccc2C(F)(F)F)CC(CBr)O1. The molecule has 2 atom stereocenters. The molecule has 2 nitrogen and oxygen atoms in total. The number of hydrogen-bond acceptors (Lipinski definition) is 2. The fraction of sp³-hybridized carbons (Fsp3) is 0.538. The summed E-state index contributed by atoms with van der Waals surface area (Å²) in [7, 11) is 0. The summed E-state index contributed by atoms with van der Waals surface area (Å²) in [5.41, 5.74) is -0.353. The number of hydrogen-bond donors (Lipinski definition) is 0. The first-order valence-electron chi connectivity index (χ1n) is 6.04. The molecule has 0 spiro atoms. The molecule has 1 saturated heterocycles. The van der Waals surface area contributed by atoms with E-state index in [9.17, 15) is 13.2 Å². The van der Waals surface area contributed by atoms with Gasteiger partial charge >= 0.3 is 6.18 Å². The van der Waals surface area contributed by atoms with Gasteiger partial charge in [0.25, 0.3) is 0 Å². The first kappa shape index (κ1) is 14.7. The Hall–Kier alpha value is -0.750. The standard InChI is InChI=1S/C13H15BrF3NO/c1-9-7-18(8-10(6-14)19-9)12-5-3-2-4-11(12)13(15,16)17/h2-5,9-10H,6-8H2,1H3. The van der Waals surface area contributed by atoms with Crippen molar-refractivity contribution in [3.05, 3.63) is 29.8 Å². The van der Waals surface area contributed by atoms with Crippen LogP contribution in [0.3, 0.4) is 0 Å². The van der Waals surface area contributed by atoms with Crippen LogP contribution in [0.2, 0.25) is 0 Å². The normalized spacial score (nSPS) is 24.6. The van der Waals surface area contributed by atoms with Crippen LogP contribution in [0.15, 0.2) is 24.3 Å². The smallest absolute Gasteiger partial charge is 0.371 e. The molecule has 1 heterocycles. The fourth-order valence-corrected chi connectivity index (χ4v) is 2.67. The van der Waals surface area contributed by atoms with Crippen molar-refractivity contribution in [1.82, 2.24) is 0 Å². The number of benzene rings is 1. The number of morpholine rings is 1. The molecule has 0 amide bonds. The van der Waals surface area contributed by atoms with Crippen molar-refractivity contribution in [3.63, 3.8) is 0 Å². The minimum Gasteiger partial charge on any atom is -0.371 e. The Morgan fingerprint density at radius 2 is 2.00 bits per heavy atom. The Balaban J connectivity index is 2.31. The molecule has 19 heavy (non-hydrogen) atoms. The van der Waals surface area contributed by atoms with Gasteiger partial charge in [0.15, 0.2) is 0 Å². The summed E-state index contributed by atoms with van der Waals surface area (Å²) in [6.07, 6.45) is -4.51. The lowest BCUT2D eigenvalue weighted by Gasteiger charge is -2.38. The van der Waals surface area contributed by atoms with E-state index in [1.807, 2.05) is 6.92 Å². The van der Waals surface area contributed by atoms with E-state index in [1.165, 1.54) is 12.1 Å². The monoisotopic (exact) mass is 337 g/mol. The van der Waals surface area contributed by atoms with Crippen LogP contribution in [0, 0.1) is 0 Å². The highest BCUT2D eigenvalue weighted by Gasteiger charge is 2.36. The zero-order valence-corrected chi connectivity index (χ0v) is 12.0. The number of para-hydroxylation sites is 1. The number of nitrogens with zero attached hydrogens (tertiary/aromatic N) is 1. The van der Waals surface area contributed by atoms with Gasteiger partial charge in [0.1, 0.15) is 0 Å². The lowest BCUT2D eigenvalue weighted by Crippen LogP contribution is -2.47. The van der Waals surface area contributed by atoms with Gasteiger partial charge < -0.3 is 9.64 Å². The highest BCUT2D eigenvalue weighted by atomic mass is 79.9. The van der Waals surface area contributed by atoms with Crippen LogP contribution >= 0.6 is 15.9 Å². The Kier molecular flexibility index (Phi) is 4.40. The first-order valence-corrected chi connectivity index (χ1v) is 7.16. The maximum Gasteiger partial charge on any atom is 0.418 e. The number of rotatable bonds is 2. The molecule has 0 aliphatic carbocycles. The van der Waals surface area contributed by atoms with Crippen molar-refractivity contribution in [2.45, 2.75) is 25.3 Å². The van der Waals surface area contributed by atoms with Gasteiger partial charge in [-0.2, -0.15) is 13.2 Å². The minimum atomic E-state index is -4.33. The fourth-order valence-electron chi connectivity index (χ4n) is 2.32. The van der Waals surface area contributed by atoms with Crippen LogP contribution in [0.1, 0.15) is 12.5 Å². The Bertz CT molecular complexity index is 438. The Morgan fingerprint density at radius 3 is 2.63 bits per heavy atom. The van der Waals surface area contributed by atoms with E-state index in [4.69, 9.17) is 4.74 Å². The summed E-state index contributed by atoms with van der Waals surface area (Å²) in [5.74, 6) is 0. The van der Waals surface area contributed by atoms with Crippen LogP contribution in [0.5, 0.6) is 0 Å². The highest BCUT2D eigenvalue weighted by molar-refractivity contribution is 9.09. The van der Waals surface area contributed by atoms with Gasteiger partial charge in [-0.1, -0.05) is 28.1 Å².